The van der Waals surface area contributed by atoms with Crippen LogP contribution in [0.25, 0.3) is 11.2 Å². The van der Waals surface area contributed by atoms with Crippen LogP contribution in [0.4, 0.5) is 11.9 Å². The molecular weight excluding hydrogens is 701 g/mol. The fourth-order valence-corrected chi connectivity index (χ4v) is 7.01. The Morgan fingerprint density at radius 2 is 1.48 bits per heavy atom. The van der Waals surface area contributed by atoms with Crippen molar-refractivity contribution in [1.82, 2.24) is 34.1 Å². The number of fused-ring (bicyclic) bond motifs is 1. The topological polar surface area (TPSA) is 256 Å². The minimum Gasteiger partial charge on any atom is -0.374 e. The first kappa shape index (κ1) is 35.5. The third-order valence-electron chi connectivity index (χ3n) is 8.55. The van der Waals surface area contributed by atoms with E-state index in [1.807, 2.05) is 60.7 Å². The zero-order valence-corrected chi connectivity index (χ0v) is 28.4. The Hall–Kier alpha value is -4.85. The van der Waals surface area contributed by atoms with Gasteiger partial charge in [-0.1, -0.05) is 60.7 Å². The second-order valence-corrected chi connectivity index (χ2v) is 13.6. The smallest absolute Gasteiger partial charge is 0.374 e. The van der Waals surface area contributed by atoms with Crippen LogP contribution in [0.2, 0.25) is 0 Å². The molecule has 2 aromatic carbocycles. The van der Waals surface area contributed by atoms with Gasteiger partial charge in [-0.2, -0.15) is 9.97 Å². The van der Waals surface area contributed by atoms with Crippen LogP contribution in [0, 0.1) is 0 Å². The Balaban J connectivity index is 1.05. The molecule has 2 fully saturated rings. The molecule has 7 atom stereocenters. The molecule has 52 heavy (non-hydrogen) atoms. The molecule has 0 spiro atoms. The minimum absolute atomic E-state index is 0.0335. The van der Waals surface area contributed by atoms with Crippen molar-refractivity contribution in [2.75, 3.05) is 24.7 Å². The number of nitrogen functional groups attached to an aromatic ring is 2. The third kappa shape index (κ3) is 8.27. The van der Waals surface area contributed by atoms with Crippen molar-refractivity contribution in [1.29, 1.82) is 0 Å². The van der Waals surface area contributed by atoms with Crippen molar-refractivity contribution in [3.63, 3.8) is 0 Å². The molecule has 2 saturated heterocycles. The summed E-state index contributed by atoms with van der Waals surface area (Å²) >= 11 is 0. The number of benzene rings is 2. The zero-order chi connectivity index (χ0) is 36.2. The van der Waals surface area contributed by atoms with Crippen molar-refractivity contribution < 1.29 is 37.5 Å². The average molecular weight is 738 g/mol. The standard InChI is InChI=1S/C32H36N9O10P/c33-30-36-18-41(32(43)39-30)26-12-22(23(49-26)15-46-13-19-7-3-1-4-8-19)51-52(44,45)48-16-24-21(47-14-20-9-5-2-6-10-20)11-25(50-24)40-17-35-27-28(40)37-31(34)38-29(27)42/h1-10,17-18,21-26H,11-16H2,(H,44,45)(H2,33,39,43)(H3,34,37,38,42)/t21?,22-,23-,24-,25-,26-/m1/s1. The molecule has 0 aliphatic carbocycles. The van der Waals surface area contributed by atoms with Gasteiger partial charge in [0.05, 0.1) is 38.9 Å². The second-order valence-electron chi connectivity index (χ2n) is 12.2. The highest BCUT2D eigenvalue weighted by Gasteiger charge is 2.44. The van der Waals surface area contributed by atoms with E-state index < -0.39 is 62.6 Å². The second kappa shape index (κ2) is 15.4. The van der Waals surface area contributed by atoms with E-state index in [0.29, 0.717) is 0 Å². The molecule has 0 bridgehead atoms. The predicted molar refractivity (Wildman–Crippen MR) is 182 cm³/mol. The summed E-state index contributed by atoms with van der Waals surface area (Å²) in [7, 11) is -4.80. The largest absolute Gasteiger partial charge is 0.472 e. The molecule has 0 saturated carbocycles. The number of nitrogens with two attached hydrogens (primary N) is 2. The number of H-pyrrole nitrogens is 1. The Morgan fingerprint density at radius 3 is 2.19 bits per heavy atom. The molecule has 2 aliphatic rings. The van der Waals surface area contributed by atoms with E-state index in [-0.39, 0.29) is 55.7 Å². The minimum atomic E-state index is -4.80. The SMILES string of the molecule is Nc1ncn([C@H]2C[C@@H](OP(=O)(O)OC[C@H]3O[C@@H](n4cnc5c(=O)[nH]c(N)nc54)CC3OCc3ccccc3)[C@@H](COCc3ccccc3)O2)c(=O)n1. The van der Waals surface area contributed by atoms with Gasteiger partial charge in [-0.05, 0) is 11.1 Å². The number of imidazole rings is 1. The van der Waals surface area contributed by atoms with Gasteiger partial charge in [0.15, 0.2) is 11.2 Å². The van der Waals surface area contributed by atoms with E-state index in [1.165, 1.54) is 12.7 Å². The first-order chi connectivity index (χ1) is 25.1. The number of nitrogens with one attached hydrogen (secondary N) is 1. The van der Waals surface area contributed by atoms with Gasteiger partial charge in [0.25, 0.3) is 5.56 Å². The summed E-state index contributed by atoms with van der Waals surface area (Å²) in [6.07, 6.45) is -2.28. The fourth-order valence-electron chi connectivity index (χ4n) is 6.05. The van der Waals surface area contributed by atoms with Gasteiger partial charge in [0, 0.05) is 12.8 Å². The molecule has 3 aromatic heterocycles. The summed E-state index contributed by atoms with van der Waals surface area (Å²) in [6.45, 7) is 0.0117. The zero-order valence-electron chi connectivity index (χ0n) is 27.5. The number of nitrogens with zero attached hydrogens (tertiary/aromatic N) is 6. The van der Waals surface area contributed by atoms with Crippen LogP contribution >= 0.6 is 7.82 Å². The lowest BCUT2D eigenvalue weighted by molar-refractivity contribution is -0.0752. The molecule has 0 amide bonds. The lowest BCUT2D eigenvalue weighted by Crippen LogP contribution is -2.31. The van der Waals surface area contributed by atoms with Crippen LogP contribution in [-0.4, -0.2) is 76.6 Å². The molecule has 274 valence electrons. The van der Waals surface area contributed by atoms with Crippen molar-refractivity contribution in [3.8, 4) is 0 Å². The quantitative estimate of drug-likeness (QED) is 0.119. The summed E-state index contributed by atoms with van der Waals surface area (Å²) in [6, 6.07) is 18.9. The molecule has 2 unspecified atom stereocenters. The van der Waals surface area contributed by atoms with Crippen molar-refractivity contribution in [2.45, 2.75) is 62.9 Å². The number of aromatic nitrogens is 7. The normalized spacial score (nSPS) is 24.3. The van der Waals surface area contributed by atoms with Crippen LogP contribution in [0.15, 0.2) is 82.9 Å². The van der Waals surface area contributed by atoms with Crippen LogP contribution in [0.5, 0.6) is 0 Å². The first-order valence-electron chi connectivity index (χ1n) is 16.3. The molecule has 5 aromatic rings. The molecule has 7 rings (SSSR count). The van der Waals surface area contributed by atoms with Crippen LogP contribution in [0.3, 0.4) is 0 Å². The Bertz CT molecular complexity index is 2150. The van der Waals surface area contributed by atoms with E-state index in [1.54, 1.807) is 4.57 Å². The Labute approximate surface area is 295 Å². The van der Waals surface area contributed by atoms with Crippen LogP contribution < -0.4 is 22.7 Å². The average Bonchev–Trinajstić information content (AvgIpc) is 3.84. The summed E-state index contributed by atoms with van der Waals surface area (Å²) in [4.78, 5) is 54.2. The van der Waals surface area contributed by atoms with Crippen molar-refractivity contribution in [2.24, 2.45) is 0 Å². The Morgan fingerprint density at radius 1 is 0.846 bits per heavy atom. The summed E-state index contributed by atoms with van der Waals surface area (Å²) in [5.74, 6) is -0.302. The number of ether oxygens (including phenoxy) is 4. The summed E-state index contributed by atoms with van der Waals surface area (Å²) < 4.78 is 51.7. The predicted octanol–water partition coefficient (Wildman–Crippen LogP) is 1.82. The van der Waals surface area contributed by atoms with Gasteiger partial charge in [-0.3, -0.25) is 28.0 Å². The fraction of sp³-hybridized carbons (Fsp3) is 0.375. The third-order valence-corrected chi connectivity index (χ3v) is 9.56. The maximum Gasteiger partial charge on any atom is 0.472 e. The number of aromatic amines is 1. The highest BCUT2D eigenvalue weighted by Crippen LogP contribution is 2.49. The van der Waals surface area contributed by atoms with E-state index in [2.05, 4.69) is 24.9 Å². The van der Waals surface area contributed by atoms with Crippen LogP contribution in [0.1, 0.15) is 36.4 Å². The molecule has 19 nitrogen and oxygen atoms in total. The highest BCUT2D eigenvalue weighted by atomic mass is 31.2. The number of phosphoric acid groups is 1. The number of hydrogen-bond acceptors (Lipinski definition) is 15. The lowest BCUT2D eigenvalue weighted by atomic mass is 10.1. The van der Waals surface area contributed by atoms with Crippen LogP contribution in [-0.2, 0) is 45.8 Å². The molecule has 5 heterocycles. The molecule has 6 N–H and O–H groups in total. The van der Waals surface area contributed by atoms with Gasteiger partial charge in [0.1, 0.15) is 37.1 Å². The number of anilines is 2. The number of hydrogen-bond donors (Lipinski definition) is 4. The lowest BCUT2D eigenvalue weighted by Gasteiger charge is -2.23. The van der Waals surface area contributed by atoms with Gasteiger partial charge in [-0.25, -0.2) is 19.3 Å². The van der Waals surface area contributed by atoms with Gasteiger partial charge in [-0.15, -0.1) is 0 Å². The first-order valence-corrected chi connectivity index (χ1v) is 17.8. The van der Waals surface area contributed by atoms with E-state index in [9.17, 15) is 19.0 Å². The molecule has 0 radical (unpaired) electrons. The highest BCUT2D eigenvalue weighted by molar-refractivity contribution is 7.47. The number of phosphoric ester groups is 1. The Kier molecular flexibility index (Phi) is 10.5. The summed E-state index contributed by atoms with van der Waals surface area (Å²) in [5.41, 5.74) is 12.2. The van der Waals surface area contributed by atoms with Crippen molar-refractivity contribution in [3.05, 3.63) is 105 Å². The molecule has 20 heteroatoms. The van der Waals surface area contributed by atoms with Gasteiger partial charge in [0.2, 0.25) is 11.9 Å². The maximum absolute atomic E-state index is 13.5. The van der Waals surface area contributed by atoms with E-state index in [4.69, 9.17) is 39.5 Å². The van der Waals surface area contributed by atoms with Crippen molar-refractivity contribution >= 4 is 30.9 Å². The monoisotopic (exact) mass is 737 g/mol. The van der Waals surface area contributed by atoms with Gasteiger partial charge < -0.3 is 35.3 Å². The molecular formula is C32H36N9O10P. The maximum atomic E-state index is 13.5. The van der Waals surface area contributed by atoms with E-state index >= 15 is 0 Å². The number of rotatable bonds is 14. The van der Waals surface area contributed by atoms with E-state index in [0.717, 1.165) is 15.7 Å². The van der Waals surface area contributed by atoms with Gasteiger partial charge >= 0.3 is 13.5 Å². The summed E-state index contributed by atoms with van der Waals surface area (Å²) in [5, 5.41) is 0. The molecule has 2 aliphatic heterocycles.